The fourth-order valence-corrected chi connectivity index (χ4v) is 2.21. The molecule has 1 heterocycles. The smallest absolute Gasteiger partial charge is 0.252 e. The molecular formula is C15H18ClN5O2. The van der Waals surface area contributed by atoms with E-state index in [4.69, 9.17) is 11.6 Å². The number of aromatic nitrogens is 3. The van der Waals surface area contributed by atoms with Gasteiger partial charge in [-0.25, -0.2) is 4.98 Å². The van der Waals surface area contributed by atoms with Crippen LogP contribution in [0.15, 0.2) is 30.9 Å². The van der Waals surface area contributed by atoms with Gasteiger partial charge >= 0.3 is 0 Å². The first kappa shape index (κ1) is 17.0. The highest BCUT2D eigenvalue weighted by molar-refractivity contribution is 6.34. The summed E-state index contributed by atoms with van der Waals surface area (Å²) in [6, 6.07) is 4.83. The van der Waals surface area contributed by atoms with Gasteiger partial charge in [-0.2, -0.15) is 5.10 Å². The second kappa shape index (κ2) is 8.28. The first-order valence-corrected chi connectivity index (χ1v) is 7.68. The van der Waals surface area contributed by atoms with Gasteiger partial charge in [0.15, 0.2) is 0 Å². The van der Waals surface area contributed by atoms with Crippen LogP contribution >= 0.6 is 11.6 Å². The van der Waals surface area contributed by atoms with Crippen molar-refractivity contribution in [2.45, 2.75) is 26.3 Å². The van der Waals surface area contributed by atoms with Crippen molar-refractivity contribution in [1.82, 2.24) is 20.1 Å². The summed E-state index contributed by atoms with van der Waals surface area (Å²) in [5.41, 5.74) is 0.885. The van der Waals surface area contributed by atoms with Crippen LogP contribution < -0.4 is 10.6 Å². The molecule has 122 valence electrons. The van der Waals surface area contributed by atoms with Crippen LogP contribution in [0.1, 0.15) is 30.1 Å². The topological polar surface area (TPSA) is 88.9 Å². The minimum absolute atomic E-state index is 0.130. The van der Waals surface area contributed by atoms with Gasteiger partial charge in [0.05, 0.1) is 10.6 Å². The van der Waals surface area contributed by atoms with E-state index >= 15 is 0 Å². The number of rotatable bonds is 7. The monoisotopic (exact) mass is 335 g/mol. The number of carbonyl (C=O) groups excluding carboxylic acids is 2. The fraction of sp³-hybridized carbons (Fsp3) is 0.333. The number of carbonyl (C=O) groups is 2. The van der Waals surface area contributed by atoms with E-state index in [0.717, 1.165) is 0 Å². The van der Waals surface area contributed by atoms with Crippen LogP contribution in [-0.2, 0) is 11.3 Å². The van der Waals surface area contributed by atoms with Crippen molar-refractivity contribution in [3.63, 3.8) is 0 Å². The molecule has 0 saturated carbocycles. The molecule has 0 aliphatic heterocycles. The van der Waals surface area contributed by atoms with Gasteiger partial charge in [-0.3, -0.25) is 14.3 Å². The molecule has 0 aliphatic carbocycles. The van der Waals surface area contributed by atoms with Crippen LogP contribution in [0, 0.1) is 0 Å². The molecule has 2 N–H and O–H groups in total. The molecule has 1 aromatic carbocycles. The van der Waals surface area contributed by atoms with Gasteiger partial charge in [0.2, 0.25) is 5.91 Å². The lowest BCUT2D eigenvalue weighted by Gasteiger charge is -2.09. The maximum absolute atomic E-state index is 11.9. The molecule has 0 fully saturated rings. The number of hydrogen-bond acceptors (Lipinski definition) is 4. The molecule has 0 aliphatic rings. The average Bonchev–Trinajstić information content (AvgIpc) is 3.02. The van der Waals surface area contributed by atoms with E-state index < -0.39 is 0 Å². The molecule has 2 rings (SSSR count). The quantitative estimate of drug-likeness (QED) is 0.811. The van der Waals surface area contributed by atoms with Gasteiger partial charge < -0.3 is 10.6 Å². The summed E-state index contributed by atoms with van der Waals surface area (Å²) >= 11 is 6.01. The summed E-state index contributed by atoms with van der Waals surface area (Å²) in [5.74, 6) is -0.394. The molecule has 2 aromatic rings. The van der Waals surface area contributed by atoms with Gasteiger partial charge in [0.1, 0.15) is 12.7 Å². The predicted octanol–water partition coefficient (Wildman–Crippen LogP) is 2.10. The molecule has 1 aromatic heterocycles. The Hall–Kier alpha value is -2.41. The molecule has 23 heavy (non-hydrogen) atoms. The maximum Gasteiger partial charge on any atom is 0.252 e. The van der Waals surface area contributed by atoms with Crippen molar-refractivity contribution in [3.8, 4) is 0 Å². The maximum atomic E-state index is 11.9. The van der Waals surface area contributed by atoms with Gasteiger partial charge in [0, 0.05) is 25.2 Å². The number of nitrogens with one attached hydrogen (secondary N) is 2. The van der Waals surface area contributed by atoms with Crippen LogP contribution in [0.2, 0.25) is 5.02 Å². The molecule has 0 saturated heterocycles. The van der Waals surface area contributed by atoms with E-state index in [1.165, 1.54) is 6.33 Å². The van der Waals surface area contributed by atoms with Gasteiger partial charge in [0.25, 0.3) is 5.91 Å². The van der Waals surface area contributed by atoms with Crippen molar-refractivity contribution in [2.24, 2.45) is 0 Å². The number of amides is 2. The number of anilines is 1. The van der Waals surface area contributed by atoms with E-state index in [0.29, 0.717) is 42.2 Å². The molecule has 0 bridgehead atoms. The zero-order valence-corrected chi connectivity index (χ0v) is 13.5. The Kier molecular flexibility index (Phi) is 6.10. The first-order valence-electron chi connectivity index (χ1n) is 7.30. The van der Waals surface area contributed by atoms with Gasteiger partial charge in [-0.05, 0) is 31.5 Å². The molecule has 8 heteroatoms. The standard InChI is InChI=1S/C15H18ClN5O2/c1-2-18-15(23)12-8-11(5-6-13(12)16)20-14(22)4-3-7-21-10-17-9-19-21/h5-6,8-10H,2-4,7H2,1H3,(H,18,23)(H,20,22). The number of nitrogens with zero attached hydrogens (tertiary/aromatic N) is 3. The number of benzene rings is 1. The third-order valence-electron chi connectivity index (χ3n) is 3.09. The van der Waals surface area contributed by atoms with Crippen LogP contribution in [-0.4, -0.2) is 33.1 Å². The largest absolute Gasteiger partial charge is 0.352 e. The van der Waals surface area contributed by atoms with Crippen molar-refractivity contribution >= 4 is 29.1 Å². The summed E-state index contributed by atoms with van der Waals surface area (Å²) in [4.78, 5) is 27.7. The lowest BCUT2D eigenvalue weighted by atomic mass is 10.1. The van der Waals surface area contributed by atoms with Crippen molar-refractivity contribution < 1.29 is 9.59 Å². The Morgan fingerprint density at radius 3 is 2.87 bits per heavy atom. The Labute approximate surface area is 139 Å². The van der Waals surface area contributed by atoms with Crippen LogP contribution in [0.25, 0.3) is 0 Å². The number of halogens is 1. The van der Waals surface area contributed by atoms with Gasteiger partial charge in [-0.1, -0.05) is 11.6 Å². The molecule has 0 unspecified atom stereocenters. The minimum atomic E-state index is -0.264. The highest BCUT2D eigenvalue weighted by Crippen LogP contribution is 2.20. The van der Waals surface area contributed by atoms with E-state index in [1.54, 1.807) is 29.2 Å². The Morgan fingerprint density at radius 2 is 2.17 bits per heavy atom. The Balaban J connectivity index is 1.90. The van der Waals surface area contributed by atoms with Crippen LogP contribution in [0.3, 0.4) is 0 Å². The Bertz CT molecular complexity index is 673. The zero-order valence-electron chi connectivity index (χ0n) is 12.8. The predicted molar refractivity (Wildman–Crippen MR) is 87.3 cm³/mol. The number of hydrogen-bond donors (Lipinski definition) is 2. The first-order chi connectivity index (χ1) is 11.1. The van der Waals surface area contributed by atoms with Crippen molar-refractivity contribution in [2.75, 3.05) is 11.9 Å². The van der Waals surface area contributed by atoms with Crippen molar-refractivity contribution in [1.29, 1.82) is 0 Å². The second-order valence-electron chi connectivity index (χ2n) is 4.86. The molecule has 0 radical (unpaired) electrons. The van der Waals surface area contributed by atoms with Crippen LogP contribution in [0.5, 0.6) is 0 Å². The minimum Gasteiger partial charge on any atom is -0.352 e. The molecule has 0 spiro atoms. The van der Waals surface area contributed by atoms with E-state index in [9.17, 15) is 9.59 Å². The van der Waals surface area contributed by atoms with Gasteiger partial charge in [-0.15, -0.1) is 0 Å². The second-order valence-corrected chi connectivity index (χ2v) is 5.27. The highest BCUT2D eigenvalue weighted by atomic mass is 35.5. The highest BCUT2D eigenvalue weighted by Gasteiger charge is 2.11. The lowest BCUT2D eigenvalue weighted by molar-refractivity contribution is -0.116. The van der Waals surface area contributed by atoms with E-state index in [1.807, 2.05) is 6.92 Å². The summed E-state index contributed by atoms with van der Waals surface area (Å²) in [5, 5.41) is 9.76. The third kappa shape index (κ3) is 5.07. The zero-order chi connectivity index (χ0) is 16.7. The van der Waals surface area contributed by atoms with E-state index in [2.05, 4.69) is 20.7 Å². The normalized spacial score (nSPS) is 10.3. The molecule has 0 atom stereocenters. The molecule has 7 nitrogen and oxygen atoms in total. The Morgan fingerprint density at radius 1 is 1.35 bits per heavy atom. The third-order valence-corrected chi connectivity index (χ3v) is 3.42. The lowest BCUT2D eigenvalue weighted by Crippen LogP contribution is -2.23. The fourth-order valence-electron chi connectivity index (χ4n) is 2.01. The number of aryl methyl sites for hydroxylation is 1. The summed E-state index contributed by atoms with van der Waals surface area (Å²) < 4.78 is 1.67. The van der Waals surface area contributed by atoms with Crippen molar-refractivity contribution in [3.05, 3.63) is 41.4 Å². The van der Waals surface area contributed by atoms with Crippen LogP contribution in [0.4, 0.5) is 5.69 Å². The average molecular weight is 336 g/mol. The summed E-state index contributed by atoms with van der Waals surface area (Å²) in [6.07, 6.45) is 4.05. The summed E-state index contributed by atoms with van der Waals surface area (Å²) in [7, 11) is 0. The molecule has 2 amide bonds. The molecular weight excluding hydrogens is 318 g/mol. The SMILES string of the molecule is CCNC(=O)c1cc(NC(=O)CCCn2cncn2)ccc1Cl. The summed E-state index contributed by atoms with van der Waals surface area (Å²) in [6.45, 7) is 2.96. The van der Waals surface area contributed by atoms with E-state index in [-0.39, 0.29) is 11.8 Å².